The molecular formula is C19H20ClN3O2. The topological polar surface area (TPSA) is 52.7 Å². The molecule has 1 heterocycles. The fourth-order valence-corrected chi connectivity index (χ4v) is 3.12. The minimum Gasteiger partial charge on any atom is -0.323 e. The number of nitrogens with zero attached hydrogens (tertiary/aromatic N) is 2. The number of anilines is 2. The van der Waals surface area contributed by atoms with Crippen molar-refractivity contribution in [1.29, 1.82) is 0 Å². The van der Waals surface area contributed by atoms with Gasteiger partial charge in [-0.05, 0) is 43.8 Å². The number of para-hydroxylation sites is 2. The molecule has 1 atom stereocenters. The Morgan fingerprint density at radius 3 is 2.80 bits per heavy atom. The van der Waals surface area contributed by atoms with Crippen LogP contribution in [0.5, 0.6) is 0 Å². The monoisotopic (exact) mass is 357 g/mol. The molecular weight excluding hydrogens is 338 g/mol. The molecule has 2 aromatic carbocycles. The number of likely N-dealkylation sites (N-methyl/N-ethyl adjacent to an activating group) is 1. The van der Waals surface area contributed by atoms with Crippen molar-refractivity contribution < 1.29 is 9.59 Å². The Morgan fingerprint density at radius 1 is 1.28 bits per heavy atom. The summed E-state index contributed by atoms with van der Waals surface area (Å²) in [5.41, 5.74) is 2.43. The number of halogens is 1. The fraction of sp³-hybridized carbons (Fsp3) is 0.263. The van der Waals surface area contributed by atoms with Crippen LogP contribution in [0.3, 0.4) is 0 Å². The highest BCUT2D eigenvalue weighted by molar-refractivity contribution is 6.30. The van der Waals surface area contributed by atoms with Gasteiger partial charge in [-0.2, -0.15) is 0 Å². The number of amides is 2. The van der Waals surface area contributed by atoms with E-state index < -0.39 is 0 Å². The van der Waals surface area contributed by atoms with E-state index in [1.54, 1.807) is 11.0 Å². The third-order valence-corrected chi connectivity index (χ3v) is 4.61. The summed E-state index contributed by atoms with van der Waals surface area (Å²) in [5, 5.41) is 3.47. The first kappa shape index (κ1) is 17.5. The normalized spacial score (nSPS) is 14.9. The van der Waals surface area contributed by atoms with E-state index in [-0.39, 0.29) is 24.4 Å². The van der Waals surface area contributed by atoms with Crippen LogP contribution in [0, 0.1) is 0 Å². The zero-order valence-electron chi connectivity index (χ0n) is 14.2. The Morgan fingerprint density at radius 2 is 2.04 bits per heavy atom. The predicted molar refractivity (Wildman–Crippen MR) is 99.8 cm³/mol. The average Bonchev–Trinajstić information content (AvgIpc) is 2.59. The van der Waals surface area contributed by atoms with Crippen molar-refractivity contribution in [2.75, 3.05) is 23.8 Å². The second kappa shape index (κ2) is 7.25. The summed E-state index contributed by atoms with van der Waals surface area (Å²) >= 11 is 6.03. The summed E-state index contributed by atoms with van der Waals surface area (Å²) in [6.07, 6.45) is 0. The molecule has 1 N–H and O–H groups in total. The molecule has 0 saturated carbocycles. The molecule has 0 saturated heterocycles. The number of fused-ring (bicyclic) bond motifs is 1. The van der Waals surface area contributed by atoms with Crippen LogP contribution in [0.25, 0.3) is 0 Å². The molecule has 5 nitrogen and oxygen atoms in total. The van der Waals surface area contributed by atoms with E-state index in [2.05, 4.69) is 5.32 Å². The number of nitrogens with one attached hydrogen (secondary N) is 1. The molecule has 0 aliphatic carbocycles. The Balaban J connectivity index is 1.77. The van der Waals surface area contributed by atoms with Gasteiger partial charge in [-0.3, -0.25) is 19.4 Å². The number of carbonyl (C=O) groups excluding carboxylic acids is 2. The molecule has 1 aliphatic heterocycles. The van der Waals surface area contributed by atoms with Crippen LogP contribution >= 0.6 is 11.6 Å². The number of benzene rings is 2. The quantitative estimate of drug-likeness (QED) is 0.914. The number of rotatable bonds is 4. The minimum absolute atomic E-state index is 0.0329. The maximum Gasteiger partial charge on any atom is 0.244 e. The van der Waals surface area contributed by atoms with Crippen molar-refractivity contribution in [3.8, 4) is 0 Å². The largest absolute Gasteiger partial charge is 0.323 e. The smallest absolute Gasteiger partial charge is 0.244 e. The van der Waals surface area contributed by atoms with Crippen molar-refractivity contribution >= 4 is 34.8 Å². The molecule has 2 aromatic rings. The summed E-state index contributed by atoms with van der Waals surface area (Å²) < 4.78 is 0. The van der Waals surface area contributed by atoms with Crippen LogP contribution in [0.4, 0.5) is 11.4 Å². The highest BCUT2D eigenvalue weighted by Gasteiger charge is 2.31. The lowest BCUT2D eigenvalue weighted by Crippen LogP contribution is -2.50. The second-order valence-corrected chi connectivity index (χ2v) is 6.65. The molecule has 130 valence electrons. The lowest BCUT2D eigenvalue weighted by atomic mass is 10.1. The van der Waals surface area contributed by atoms with Gasteiger partial charge >= 0.3 is 0 Å². The van der Waals surface area contributed by atoms with Crippen molar-refractivity contribution in [3.05, 3.63) is 59.1 Å². The van der Waals surface area contributed by atoms with Crippen molar-refractivity contribution in [2.45, 2.75) is 19.5 Å². The van der Waals surface area contributed by atoms with E-state index in [0.29, 0.717) is 17.3 Å². The van der Waals surface area contributed by atoms with Gasteiger partial charge in [0.15, 0.2) is 0 Å². The van der Waals surface area contributed by atoms with Gasteiger partial charge in [-0.25, -0.2) is 0 Å². The molecule has 2 amide bonds. The first-order valence-corrected chi connectivity index (χ1v) is 8.48. The zero-order valence-corrected chi connectivity index (χ0v) is 15.0. The Hall–Kier alpha value is -2.37. The van der Waals surface area contributed by atoms with Gasteiger partial charge in [-0.15, -0.1) is 0 Å². The van der Waals surface area contributed by atoms with Crippen molar-refractivity contribution in [1.82, 2.24) is 4.90 Å². The van der Waals surface area contributed by atoms with E-state index in [1.807, 2.05) is 61.3 Å². The SMILES string of the molecule is C[C@@H](C(=O)N1CC(=O)Nc2ccccc21)N(C)Cc1cccc(Cl)c1. The molecule has 0 unspecified atom stereocenters. The summed E-state index contributed by atoms with van der Waals surface area (Å²) in [7, 11) is 1.89. The van der Waals surface area contributed by atoms with E-state index in [0.717, 1.165) is 11.3 Å². The van der Waals surface area contributed by atoms with E-state index >= 15 is 0 Å². The number of carbonyl (C=O) groups is 2. The number of hydrogen-bond donors (Lipinski definition) is 1. The molecule has 0 spiro atoms. The van der Waals surface area contributed by atoms with Gasteiger partial charge < -0.3 is 5.32 Å². The van der Waals surface area contributed by atoms with Gasteiger partial charge in [0, 0.05) is 11.6 Å². The van der Waals surface area contributed by atoms with Gasteiger partial charge in [0.2, 0.25) is 11.8 Å². The summed E-state index contributed by atoms with van der Waals surface area (Å²) in [6, 6.07) is 14.5. The third-order valence-electron chi connectivity index (χ3n) is 4.38. The molecule has 3 rings (SSSR count). The third kappa shape index (κ3) is 3.83. The van der Waals surface area contributed by atoms with E-state index in [4.69, 9.17) is 11.6 Å². The lowest BCUT2D eigenvalue weighted by Gasteiger charge is -2.33. The van der Waals surface area contributed by atoms with E-state index in [9.17, 15) is 9.59 Å². The van der Waals surface area contributed by atoms with Crippen LogP contribution in [-0.4, -0.2) is 36.3 Å². The Bertz CT molecular complexity index is 809. The molecule has 0 fully saturated rings. The Kier molecular flexibility index (Phi) is 5.06. The highest BCUT2D eigenvalue weighted by atomic mass is 35.5. The van der Waals surface area contributed by atoms with Crippen LogP contribution < -0.4 is 10.2 Å². The van der Waals surface area contributed by atoms with Crippen LogP contribution in [-0.2, 0) is 16.1 Å². The minimum atomic E-state index is -0.377. The zero-order chi connectivity index (χ0) is 18.0. The molecule has 0 aromatic heterocycles. The van der Waals surface area contributed by atoms with Gasteiger partial charge in [-0.1, -0.05) is 35.9 Å². The average molecular weight is 358 g/mol. The van der Waals surface area contributed by atoms with E-state index in [1.165, 1.54) is 0 Å². The predicted octanol–water partition coefficient (Wildman–Crippen LogP) is 3.15. The van der Waals surface area contributed by atoms with Crippen molar-refractivity contribution in [3.63, 3.8) is 0 Å². The molecule has 1 aliphatic rings. The molecule has 25 heavy (non-hydrogen) atoms. The van der Waals surface area contributed by atoms with Crippen LogP contribution in [0.15, 0.2) is 48.5 Å². The van der Waals surface area contributed by atoms with Gasteiger partial charge in [0.1, 0.15) is 6.54 Å². The van der Waals surface area contributed by atoms with Gasteiger partial charge in [0.25, 0.3) is 0 Å². The fourth-order valence-electron chi connectivity index (χ4n) is 2.90. The second-order valence-electron chi connectivity index (χ2n) is 6.21. The number of hydrogen-bond acceptors (Lipinski definition) is 3. The summed E-state index contributed by atoms with van der Waals surface area (Å²) in [5.74, 6) is -0.288. The first-order chi connectivity index (χ1) is 12.0. The maximum atomic E-state index is 13.0. The molecule has 0 radical (unpaired) electrons. The summed E-state index contributed by atoms with van der Waals surface area (Å²) in [6.45, 7) is 2.47. The van der Waals surface area contributed by atoms with Crippen LogP contribution in [0.1, 0.15) is 12.5 Å². The molecule has 6 heteroatoms. The van der Waals surface area contributed by atoms with Crippen LogP contribution in [0.2, 0.25) is 5.02 Å². The standard InChI is InChI=1S/C19H20ClN3O2/c1-13(22(2)11-14-6-5-7-15(20)10-14)19(25)23-12-18(24)21-16-8-3-4-9-17(16)23/h3-10,13H,11-12H2,1-2H3,(H,21,24)/t13-/m0/s1. The lowest BCUT2D eigenvalue weighted by molar-refractivity contribution is -0.125. The van der Waals surface area contributed by atoms with Crippen molar-refractivity contribution in [2.24, 2.45) is 0 Å². The first-order valence-electron chi connectivity index (χ1n) is 8.10. The van der Waals surface area contributed by atoms with Gasteiger partial charge in [0.05, 0.1) is 17.4 Å². The maximum absolute atomic E-state index is 13.0. The Labute approximate surface area is 152 Å². The highest BCUT2D eigenvalue weighted by Crippen LogP contribution is 2.29. The molecule has 0 bridgehead atoms. The summed E-state index contributed by atoms with van der Waals surface area (Å²) in [4.78, 5) is 28.4.